The van der Waals surface area contributed by atoms with Gasteiger partial charge >= 0.3 is 5.97 Å². The third-order valence-corrected chi connectivity index (χ3v) is 5.51. The van der Waals surface area contributed by atoms with Gasteiger partial charge in [0.05, 0.1) is 20.4 Å². The lowest BCUT2D eigenvalue weighted by atomic mass is 10.1. The van der Waals surface area contributed by atoms with Crippen molar-refractivity contribution < 1.29 is 18.6 Å². The first-order valence-corrected chi connectivity index (χ1v) is 9.16. The Morgan fingerprint density at radius 2 is 1.88 bits per heavy atom. The zero-order chi connectivity index (χ0) is 17.9. The fraction of sp³-hybridized carbons (Fsp3) is 0.118. The number of carboxylic acids is 1. The lowest BCUT2D eigenvalue weighted by Crippen LogP contribution is -2.07. The van der Waals surface area contributed by atoms with Crippen molar-refractivity contribution in [1.29, 1.82) is 0 Å². The highest BCUT2D eigenvalue weighted by Crippen LogP contribution is 2.48. The number of carbonyl (C=O) groups is 1. The SMILES string of the molecule is CS(C)(c1cccc(C#Cc2cccc(C(=O)O)c2F)c1)[N+](=O)[O-]. The van der Waals surface area contributed by atoms with E-state index in [2.05, 4.69) is 11.8 Å². The van der Waals surface area contributed by atoms with E-state index >= 15 is 0 Å². The molecule has 7 heteroatoms. The zero-order valence-electron chi connectivity index (χ0n) is 12.9. The topological polar surface area (TPSA) is 80.4 Å². The number of nitro groups is 1. The Morgan fingerprint density at radius 3 is 2.50 bits per heavy atom. The van der Waals surface area contributed by atoms with Crippen LogP contribution in [0.1, 0.15) is 21.5 Å². The Morgan fingerprint density at radius 1 is 1.21 bits per heavy atom. The van der Waals surface area contributed by atoms with Crippen LogP contribution in [0.2, 0.25) is 0 Å². The summed E-state index contributed by atoms with van der Waals surface area (Å²) in [6, 6.07) is 10.5. The number of hydrogen-bond donors (Lipinski definition) is 1. The molecule has 2 aromatic carbocycles. The van der Waals surface area contributed by atoms with Crippen LogP contribution in [0, 0.1) is 27.8 Å². The molecule has 124 valence electrons. The predicted octanol–water partition coefficient (Wildman–Crippen LogP) is 3.54. The van der Waals surface area contributed by atoms with E-state index in [9.17, 15) is 19.3 Å². The summed E-state index contributed by atoms with van der Waals surface area (Å²) in [5.74, 6) is 3.05. The second kappa shape index (κ2) is 6.72. The van der Waals surface area contributed by atoms with Gasteiger partial charge in [0.2, 0.25) is 0 Å². The first-order valence-electron chi connectivity index (χ1n) is 6.75. The molecule has 0 amide bonds. The Bertz CT molecular complexity index is 884. The van der Waals surface area contributed by atoms with Gasteiger partial charge in [-0.3, -0.25) is 10.1 Å². The molecule has 0 aliphatic heterocycles. The minimum Gasteiger partial charge on any atom is -0.478 e. The van der Waals surface area contributed by atoms with E-state index in [4.69, 9.17) is 5.11 Å². The van der Waals surface area contributed by atoms with Crippen LogP contribution in [0.15, 0.2) is 47.4 Å². The van der Waals surface area contributed by atoms with E-state index in [1.165, 1.54) is 12.1 Å². The molecule has 0 saturated heterocycles. The van der Waals surface area contributed by atoms with Crippen LogP contribution in [0.4, 0.5) is 4.39 Å². The second-order valence-corrected chi connectivity index (χ2v) is 8.56. The van der Waals surface area contributed by atoms with Crippen LogP contribution in [0.5, 0.6) is 0 Å². The first kappa shape index (κ1) is 17.5. The average Bonchev–Trinajstić information content (AvgIpc) is 2.53. The van der Waals surface area contributed by atoms with Crippen molar-refractivity contribution in [3.63, 3.8) is 0 Å². The van der Waals surface area contributed by atoms with Crippen molar-refractivity contribution in [3.8, 4) is 11.8 Å². The molecule has 0 aliphatic carbocycles. The van der Waals surface area contributed by atoms with Gasteiger partial charge in [-0.15, -0.1) is 0 Å². The van der Waals surface area contributed by atoms with Gasteiger partial charge in [-0.25, -0.2) is 9.18 Å². The van der Waals surface area contributed by atoms with E-state index in [1.807, 2.05) is 0 Å². The van der Waals surface area contributed by atoms with E-state index < -0.39 is 27.6 Å². The summed E-state index contributed by atoms with van der Waals surface area (Å²) < 4.78 is 13.7. The molecule has 0 heterocycles. The molecule has 0 saturated carbocycles. The number of rotatable bonds is 3. The monoisotopic (exact) mass is 347 g/mol. The highest BCUT2D eigenvalue weighted by atomic mass is 32.3. The van der Waals surface area contributed by atoms with Crippen molar-refractivity contribution >= 4 is 16.2 Å². The van der Waals surface area contributed by atoms with Crippen LogP contribution < -0.4 is 0 Å². The number of nitrogens with zero attached hydrogens (tertiary/aromatic N) is 1. The van der Waals surface area contributed by atoms with Crippen molar-refractivity contribution in [2.75, 3.05) is 12.5 Å². The highest BCUT2D eigenvalue weighted by molar-refractivity contribution is 8.27. The molecule has 0 atom stereocenters. The zero-order valence-corrected chi connectivity index (χ0v) is 13.8. The quantitative estimate of drug-likeness (QED) is 0.523. The maximum absolute atomic E-state index is 14.0. The third kappa shape index (κ3) is 3.55. The average molecular weight is 347 g/mol. The summed E-state index contributed by atoms with van der Waals surface area (Å²) >= 11 is 0. The fourth-order valence-electron chi connectivity index (χ4n) is 1.90. The van der Waals surface area contributed by atoms with Crippen LogP contribution >= 0.6 is 10.2 Å². The molecule has 0 bridgehead atoms. The van der Waals surface area contributed by atoms with Gasteiger partial charge in [0, 0.05) is 28.3 Å². The maximum Gasteiger partial charge on any atom is 0.338 e. The van der Waals surface area contributed by atoms with Gasteiger partial charge in [0.25, 0.3) is 0 Å². The first-order chi connectivity index (χ1) is 11.2. The van der Waals surface area contributed by atoms with E-state index in [1.54, 1.807) is 36.8 Å². The summed E-state index contributed by atoms with van der Waals surface area (Å²) in [7, 11) is -2.21. The highest BCUT2D eigenvalue weighted by Gasteiger charge is 2.26. The van der Waals surface area contributed by atoms with E-state index in [-0.39, 0.29) is 9.89 Å². The smallest absolute Gasteiger partial charge is 0.338 e. The van der Waals surface area contributed by atoms with Crippen LogP contribution in [0.3, 0.4) is 0 Å². The number of hydrogen-bond acceptors (Lipinski definition) is 3. The molecule has 5 nitrogen and oxygen atoms in total. The van der Waals surface area contributed by atoms with Gasteiger partial charge in [0.1, 0.15) is 0 Å². The van der Waals surface area contributed by atoms with Gasteiger partial charge < -0.3 is 5.11 Å². The van der Waals surface area contributed by atoms with Crippen molar-refractivity contribution in [2.24, 2.45) is 0 Å². The van der Waals surface area contributed by atoms with Crippen molar-refractivity contribution in [1.82, 2.24) is 0 Å². The fourth-order valence-corrected chi connectivity index (χ4v) is 2.90. The normalized spacial score (nSPS) is 11.3. The van der Waals surface area contributed by atoms with Crippen LogP contribution in [-0.2, 0) is 0 Å². The molecular weight excluding hydrogens is 333 g/mol. The number of aromatic carboxylic acids is 1. The van der Waals surface area contributed by atoms with Crippen molar-refractivity contribution in [3.05, 3.63) is 75.1 Å². The Labute approximate surface area is 139 Å². The predicted molar refractivity (Wildman–Crippen MR) is 90.5 cm³/mol. The molecule has 0 spiro atoms. The van der Waals surface area contributed by atoms with Crippen LogP contribution in [0.25, 0.3) is 0 Å². The minimum absolute atomic E-state index is 0.0406. The number of carboxylic acid groups (broad SMARTS) is 1. The van der Waals surface area contributed by atoms with Crippen molar-refractivity contribution in [2.45, 2.75) is 4.90 Å². The molecule has 0 radical (unpaired) electrons. The summed E-state index contributed by atoms with van der Waals surface area (Å²) in [6.07, 6.45) is 3.13. The summed E-state index contributed by atoms with van der Waals surface area (Å²) in [6.45, 7) is 0. The lowest BCUT2D eigenvalue weighted by Gasteiger charge is -2.20. The van der Waals surface area contributed by atoms with Crippen LogP contribution in [-0.4, -0.2) is 27.9 Å². The Hall–Kier alpha value is -2.85. The lowest BCUT2D eigenvalue weighted by molar-refractivity contribution is -0.295. The van der Waals surface area contributed by atoms with E-state index in [0.29, 0.717) is 10.5 Å². The molecule has 0 unspecified atom stereocenters. The minimum atomic E-state index is -2.21. The molecule has 24 heavy (non-hydrogen) atoms. The third-order valence-electron chi connectivity index (χ3n) is 3.35. The van der Waals surface area contributed by atoms with E-state index in [0.717, 1.165) is 6.07 Å². The molecule has 0 aromatic heterocycles. The molecule has 0 fully saturated rings. The summed E-state index contributed by atoms with van der Waals surface area (Å²) in [5.41, 5.74) is 0.00530. The largest absolute Gasteiger partial charge is 0.478 e. The second-order valence-electron chi connectivity index (χ2n) is 5.25. The van der Waals surface area contributed by atoms with Gasteiger partial charge in [-0.05, 0) is 30.3 Å². The molecular formula is C17H14FNO4S. The van der Waals surface area contributed by atoms with Gasteiger partial charge in [-0.2, -0.15) is 0 Å². The van der Waals surface area contributed by atoms with Gasteiger partial charge in [-0.1, -0.05) is 24.0 Å². The Kier molecular flexibility index (Phi) is 4.90. The summed E-state index contributed by atoms with van der Waals surface area (Å²) in [5, 5.41) is 20.1. The number of benzene rings is 2. The molecule has 1 N–H and O–H groups in total. The maximum atomic E-state index is 14.0. The summed E-state index contributed by atoms with van der Waals surface area (Å²) in [4.78, 5) is 22.6. The van der Waals surface area contributed by atoms with Gasteiger partial charge in [0.15, 0.2) is 5.82 Å². The molecule has 2 rings (SSSR count). The number of halogens is 1. The molecule has 2 aromatic rings. The standard InChI is InChI=1S/C17H14FNO4S/c1-24(2,19(22)23)14-7-3-5-12(11-14)9-10-13-6-4-8-15(16(13)18)17(20)21/h3-8,11H,1-2H3,(H,20,21). The molecule has 0 aliphatic rings. The Balaban J connectivity index is 2.42.